The first-order valence-corrected chi connectivity index (χ1v) is 7.71. The van der Waals surface area contributed by atoms with Crippen LogP contribution in [0, 0.1) is 6.92 Å². The normalized spacial score (nSPS) is 10.8. The molecular formula is C17H26N4. The van der Waals surface area contributed by atoms with Crippen LogP contribution in [-0.4, -0.2) is 29.9 Å². The average Bonchev–Trinajstić information content (AvgIpc) is 2.87. The summed E-state index contributed by atoms with van der Waals surface area (Å²) in [6.07, 6.45) is 1.13. The molecule has 0 bridgehead atoms. The predicted octanol–water partition coefficient (Wildman–Crippen LogP) is 2.83. The van der Waals surface area contributed by atoms with Crippen molar-refractivity contribution in [2.24, 2.45) is 0 Å². The Morgan fingerprint density at radius 2 is 2.00 bits per heavy atom. The molecule has 0 saturated carbocycles. The molecule has 0 aliphatic heterocycles. The Hall–Kier alpha value is -1.81. The van der Waals surface area contributed by atoms with Crippen molar-refractivity contribution in [3.05, 3.63) is 47.8 Å². The SMILES string of the molecule is CCn1nc(C)cc1CNCCCN(C)c1ccccc1. The molecule has 1 heterocycles. The number of para-hydroxylation sites is 1. The van der Waals surface area contributed by atoms with Gasteiger partial charge in [-0.3, -0.25) is 4.68 Å². The summed E-state index contributed by atoms with van der Waals surface area (Å²) >= 11 is 0. The predicted molar refractivity (Wildman–Crippen MR) is 88.7 cm³/mol. The number of rotatable bonds is 8. The van der Waals surface area contributed by atoms with E-state index in [-0.39, 0.29) is 0 Å². The summed E-state index contributed by atoms with van der Waals surface area (Å²) in [5.41, 5.74) is 3.64. The van der Waals surface area contributed by atoms with Crippen molar-refractivity contribution in [3.63, 3.8) is 0 Å². The molecule has 2 aromatic rings. The summed E-state index contributed by atoms with van der Waals surface area (Å²) in [5.74, 6) is 0. The zero-order valence-electron chi connectivity index (χ0n) is 13.3. The largest absolute Gasteiger partial charge is 0.375 e. The second-order valence-electron chi connectivity index (χ2n) is 5.38. The number of hydrogen-bond donors (Lipinski definition) is 1. The summed E-state index contributed by atoms with van der Waals surface area (Å²) in [4.78, 5) is 2.29. The van der Waals surface area contributed by atoms with Gasteiger partial charge in [-0.2, -0.15) is 5.10 Å². The summed E-state index contributed by atoms with van der Waals surface area (Å²) in [5, 5.41) is 7.97. The van der Waals surface area contributed by atoms with E-state index in [0.717, 1.165) is 38.3 Å². The Labute approximate surface area is 127 Å². The molecule has 0 aliphatic rings. The van der Waals surface area contributed by atoms with Gasteiger partial charge in [-0.05, 0) is 45.0 Å². The summed E-state index contributed by atoms with van der Waals surface area (Å²) in [7, 11) is 2.14. The van der Waals surface area contributed by atoms with Gasteiger partial charge in [0.15, 0.2) is 0 Å². The summed E-state index contributed by atoms with van der Waals surface area (Å²) in [6.45, 7) is 8.08. The fourth-order valence-corrected chi connectivity index (χ4v) is 2.48. The van der Waals surface area contributed by atoms with Gasteiger partial charge in [-0.15, -0.1) is 0 Å². The molecule has 1 aromatic carbocycles. The third-order valence-electron chi connectivity index (χ3n) is 3.64. The summed E-state index contributed by atoms with van der Waals surface area (Å²) < 4.78 is 2.07. The Morgan fingerprint density at radius 3 is 2.71 bits per heavy atom. The Balaban J connectivity index is 1.68. The van der Waals surface area contributed by atoms with Gasteiger partial charge in [0.1, 0.15) is 0 Å². The molecule has 4 nitrogen and oxygen atoms in total. The third-order valence-corrected chi connectivity index (χ3v) is 3.64. The first kappa shape index (κ1) is 15.6. The zero-order valence-corrected chi connectivity index (χ0v) is 13.3. The lowest BCUT2D eigenvalue weighted by Crippen LogP contribution is -2.24. The molecule has 21 heavy (non-hydrogen) atoms. The van der Waals surface area contributed by atoms with Crippen LogP contribution in [0.1, 0.15) is 24.7 Å². The van der Waals surface area contributed by atoms with Crippen LogP contribution in [0.3, 0.4) is 0 Å². The molecule has 0 spiro atoms. The fourth-order valence-electron chi connectivity index (χ4n) is 2.48. The standard InChI is InChI=1S/C17H26N4/c1-4-21-17(13-15(2)19-21)14-18-11-8-12-20(3)16-9-6-5-7-10-16/h5-7,9-10,13,18H,4,8,11-12,14H2,1-3H3. The molecule has 2 rings (SSSR count). The van der Waals surface area contributed by atoms with Crippen LogP contribution in [0.5, 0.6) is 0 Å². The van der Waals surface area contributed by atoms with E-state index in [2.05, 4.69) is 70.4 Å². The van der Waals surface area contributed by atoms with Gasteiger partial charge in [-0.1, -0.05) is 18.2 Å². The van der Waals surface area contributed by atoms with Crippen molar-refractivity contribution >= 4 is 5.69 Å². The molecule has 0 amide bonds. The van der Waals surface area contributed by atoms with Crippen LogP contribution in [0.15, 0.2) is 36.4 Å². The van der Waals surface area contributed by atoms with E-state index in [1.807, 2.05) is 6.92 Å². The van der Waals surface area contributed by atoms with Crippen molar-refractivity contribution in [1.29, 1.82) is 0 Å². The number of nitrogens with one attached hydrogen (secondary N) is 1. The molecule has 0 unspecified atom stereocenters. The van der Waals surface area contributed by atoms with Gasteiger partial charge in [0, 0.05) is 32.4 Å². The molecule has 4 heteroatoms. The number of benzene rings is 1. The van der Waals surface area contributed by atoms with E-state index < -0.39 is 0 Å². The second kappa shape index (κ2) is 7.84. The molecule has 0 aliphatic carbocycles. The number of aryl methyl sites for hydroxylation is 2. The van der Waals surface area contributed by atoms with Gasteiger partial charge in [-0.25, -0.2) is 0 Å². The second-order valence-corrected chi connectivity index (χ2v) is 5.38. The van der Waals surface area contributed by atoms with Crippen molar-refractivity contribution in [1.82, 2.24) is 15.1 Å². The molecule has 1 aromatic heterocycles. The Bertz CT molecular complexity index is 533. The monoisotopic (exact) mass is 286 g/mol. The third kappa shape index (κ3) is 4.60. The minimum atomic E-state index is 0.893. The average molecular weight is 286 g/mol. The van der Waals surface area contributed by atoms with Crippen molar-refractivity contribution in [2.45, 2.75) is 33.4 Å². The van der Waals surface area contributed by atoms with Gasteiger partial charge >= 0.3 is 0 Å². The molecule has 0 fully saturated rings. The lowest BCUT2D eigenvalue weighted by molar-refractivity contribution is 0.571. The molecule has 114 valence electrons. The topological polar surface area (TPSA) is 33.1 Å². The van der Waals surface area contributed by atoms with E-state index in [4.69, 9.17) is 0 Å². The highest BCUT2D eigenvalue weighted by Crippen LogP contribution is 2.10. The van der Waals surface area contributed by atoms with Gasteiger partial charge < -0.3 is 10.2 Å². The van der Waals surface area contributed by atoms with E-state index in [0.29, 0.717) is 0 Å². The Kier molecular flexibility index (Phi) is 5.81. The molecular weight excluding hydrogens is 260 g/mol. The van der Waals surface area contributed by atoms with Crippen LogP contribution in [-0.2, 0) is 13.1 Å². The van der Waals surface area contributed by atoms with E-state index >= 15 is 0 Å². The highest BCUT2D eigenvalue weighted by molar-refractivity contribution is 5.44. The smallest absolute Gasteiger partial charge is 0.0597 e. The van der Waals surface area contributed by atoms with Crippen LogP contribution in [0.4, 0.5) is 5.69 Å². The molecule has 0 saturated heterocycles. The number of aromatic nitrogens is 2. The van der Waals surface area contributed by atoms with Crippen molar-refractivity contribution in [3.8, 4) is 0 Å². The van der Waals surface area contributed by atoms with Gasteiger partial charge in [0.2, 0.25) is 0 Å². The first-order valence-electron chi connectivity index (χ1n) is 7.71. The number of hydrogen-bond acceptors (Lipinski definition) is 3. The lowest BCUT2D eigenvalue weighted by atomic mass is 10.3. The van der Waals surface area contributed by atoms with Gasteiger partial charge in [0.05, 0.1) is 11.4 Å². The van der Waals surface area contributed by atoms with Gasteiger partial charge in [0.25, 0.3) is 0 Å². The lowest BCUT2D eigenvalue weighted by Gasteiger charge is -2.19. The van der Waals surface area contributed by atoms with E-state index in [1.54, 1.807) is 0 Å². The maximum Gasteiger partial charge on any atom is 0.0597 e. The minimum Gasteiger partial charge on any atom is -0.375 e. The van der Waals surface area contributed by atoms with Crippen LogP contribution in [0.2, 0.25) is 0 Å². The van der Waals surface area contributed by atoms with Crippen LogP contribution >= 0.6 is 0 Å². The maximum atomic E-state index is 4.46. The zero-order chi connectivity index (χ0) is 15.1. The minimum absolute atomic E-state index is 0.893. The highest BCUT2D eigenvalue weighted by atomic mass is 15.3. The first-order chi connectivity index (χ1) is 10.2. The quantitative estimate of drug-likeness (QED) is 0.758. The molecule has 0 radical (unpaired) electrons. The highest BCUT2D eigenvalue weighted by Gasteiger charge is 2.03. The van der Waals surface area contributed by atoms with Crippen LogP contribution < -0.4 is 10.2 Å². The number of anilines is 1. The van der Waals surface area contributed by atoms with E-state index in [1.165, 1.54) is 11.4 Å². The van der Waals surface area contributed by atoms with Crippen molar-refractivity contribution < 1.29 is 0 Å². The molecule has 1 N–H and O–H groups in total. The summed E-state index contributed by atoms with van der Waals surface area (Å²) in [6, 6.07) is 12.7. The maximum absolute atomic E-state index is 4.46. The number of nitrogens with zero attached hydrogens (tertiary/aromatic N) is 3. The fraction of sp³-hybridized carbons (Fsp3) is 0.471. The van der Waals surface area contributed by atoms with Crippen molar-refractivity contribution in [2.75, 3.05) is 25.0 Å². The molecule has 0 atom stereocenters. The Morgan fingerprint density at radius 1 is 1.24 bits per heavy atom. The van der Waals surface area contributed by atoms with Crippen LogP contribution in [0.25, 0.3) is 0 Å². The van der Waals surface area contributed by atoms with E-state index in [9.17, 15) is 0 Å².